The van der Waals surface area contributed by atoms with Gasteiger partial charge in [-0.25, -0.2) is 22.5 Å². The molecule has 0 aliphatic heterocycles. The fourth-order valence-corrected chi connectivity index (χ4v) is 2.59. The SMILES string of the molecule is Cn1ccnc1CNS(=O)(=O)c1cc(N)cc(F)c1. The molecule has 0 amide bonds. The van der Waals surface area contributed by atoms with Crippen LogP contribution in [0.25, 0.3) is 0 Å². The number of aromatic nitrogens is 2. The molecule has 0 bridgehead atoms. The first-order chi connectivity index (χ1) is 8.88. The Bertz CT molecular complexity index is 676. The van der Waals surface area contributed by atoms with E-state index in [1.54, 1.807) is 24.0 Å². The summed E-state index contributed by atoms with van der Waals surface area (Å²) < 4.78 is 41.1. The van der Waals surface area contributed by atoms with Crippen molar-refractivity contribution in [1.82, 2.24) is 14.3 Å². The molecular weight excluding hydrogens is 271 g/mol. The zero-order chi connectivity index (χ0) is 14.0. The van der Waals surface area contributed by atoms with E-state index in [0.29, 0.717) is 5.82 Å². The van der Waals surface area contributed by atoms with Crippen LogP contribution < -0.4 is 10.5 Å². The van der Waals surface area contributed by atoms with Crippen molar-refractivity contribution in [3.05, 3.63) is 42.2 Å². The molecule has 2 aromatic rings. The second kappa shape index (κ2) is 4.98. The molecule has 19 heavy (non-hydrogen) atoms. The summed E-state index contributed by atoms with van der Waals surface area (Å²) in [5.74, 6) is -0.148. The lowest BCUT2D eigenvalue weighted by Crippen LogP contribution is -2.25. The molecule has 0 fully saturated rings. The van der Waals surface area contributed by atoms with Crippen molar-refractivity contribution in [3.63, 3.8) is 0 Å². The van der Waals surface area contributed by atoms with E-state index in [4.69, 9.17) is 5.73 Å². The maximum absolute atomic E-state index is 13.1. The summed E-state index contributed by atoms with van der Waals surface area (Å²) >= 11 is 0. The summed E-state index contributed by atoms with van der Waals surface area (Å²) in [5.41, 5.74) is 5.48. The Labute approximate surface area is 110 Å². The number of nitrogens with one attached hydrogen (secondary N) is 1. The summed E-state index contributed by atoms with van der Waals surface area (Å²) in [4.78, 5) is 3.78. The summed E-state index contributed by atoms with van der Waals surface area (Å²) in [6.45, 7) is 0.0161. The van der Waals surface area contributed by atoms with Crippen molar-refractivity contribution in [2.24, 2.45) is 7.05 Å². The molecule has 0 saturated carbocycles. The number of nitrogen functional groups attached to an aromatic ring is 1. The Balaban J connectivity index is 2.21. The van der Waals surface area contributed by atoms with E-state index in [1.165, 1.54) is 6.07 Å². The number of anilines is 1. The van der Waals surface area contributed by atoms with Crippen LogP contribution in [0.15, 0.2) is 35.5 Å². The van der Waals surface area contributed by atoms with Crippen molar-refractivity contribution < 1.29 is 12.8 Å². The molecule has 2 rings (SSSR count). The summed E-state index contributed by atoms with van der Waals surface area (Å²) in [6.07, 6.45) is 3.26. The van der Waals surface area contributed by atoms with Crippen molar-refractivity contribution in [1.29, 1.82) is 0 Å². The minimum Gasteiger partial charge on any atom is -0.399 e. The van der Waals surface area contributed by atoms with Gasteiger partial charge in [0.15, 0.2) is 0 Å². The predicted molar refractivity (Wildman–Crippen MR) is 68.0 cm³/mol. The normalized spacial score (nSPS) is 11.7. The van der Waals surface area contributed by atoms with Gasteiger partial charge in [0.25, 0.3) is 0 Å². The highest BCUT2D eigenvalue weighted by Gasteiger charge is 2.16. The number of nitrogens with two attached hydrogens (primary N) is 1. The van der Waals surface area contributed by atoms with Crippen molar-refractivity contribution >= 4 is 15.7 Å². The largest absolute Gasteiger partial charge is 0.399 e. The van der Waals surface area contributed by atoms with E-state index >= 15 is 0 Å². The molecule has 102 valence electrons. The number of nitrogens with zero attached hydrogens (tertiary/aromatic N) is 2. The summed E-state index contributed by atoms with van der Waals surface area (Å²) in [7, 11) is -2.07. The van der Waals surface area contributed by atoms with Gasteiger partial charge in [-0.1, -0.05) is 0 Å². The average molecular weight is 284 g/mol. The third-order valence-electron chi connectivity index (χ3n) is 2.55. The first-order valence-electron chi connectivity index (χ1n) is 5.40. The van der Waals surface area contributed by atoms with Crippen LogP contribution in [0.4, 0.5) is 10.1 Å². The van der Waals surface area contributed by atoms with Gasteiger partial charge in [-0.2, -0.15) is 0 Å². The average Bonchev–Trinajstić information content (AvgIpc) is 2.71. The van der Waals surface area contributed by atoms with E-state index in [1.807, 2.05) is 0 Å². The van der Waals surface area contributed by atoms with Gasteiger partial charge in [-0.05, 0) is 18.2 Å². The summed E-state index contributed by atoms with van der Waals surface area (Å²) in [6, 6.07) is 3.17. The molecule has 1 aromatic heterocycles. The topological polar surface area (TPSA) is 90.0 Å². The van der Waals surface area contributed by atoms with E-state index < -0.39 is 15.8 Å². The lowest BCUT2D eigenvalue weighted by molar-refractivity contribution is 0.574. The molecule has 0 aliphatic rings. The Morgan fingerprint density at radius 2 is 2.16 bits per heavy atom. The number of aryl methyl sites for hydroxylation is 1. The lowest BCUT2D eigenvalue weighted by Gasteiger charge is -2.07. The van der Waals surface area contributed by atoms with E-state index in [9.17, 15) is 12.8 Å². The molecule has 8 heteroatoms. The second-order valence-corrected chi connectivity index (χ2v) is 5.77. The van der Waals surface area contributed by atoms with Crippen LogP contribution in [0.2, 0.25) is 0 Å². The van der Waals surface area contributed by atoms with Crippen molar-refractivity contribution in [2.45, 2.75) is 11.4 Å². The maximum atomic E-state index is 13.1. The van der Waals surface area contributed by atoms with Crippen molar-refractivity contribution in [3.8, 4) is 0 Å². The highest BCUT2D eigenvalue weighted by molar-refractivity contribution is 7.89. The van der Waals surface area contributed by atoms with Gasteiger partial charge in [0.05, 0.1) is 11.4 Å². The van der Waals surface area contributed by atoms with Crippen LogP contribution in [0, 0.1) is 5.82 Å². The minimum atomic E-state index is -3.82. The molecule has 0 unspecified atom stereocenters. The first-order valence-corrected chi connectivity index (χ1v) is 6.89. The van der Waals surface area contributed by atoms with Crippen molar-refractivity contribution in [2.75, 3.05) is 5.73 Å². The Morgan fingerprint density at radius 3 is 2.74 bits per heavy atom. The van der Waals surface area contributed by atoms with Crippen LogP contribution >= 0.6 is 0 Å². The van der Waals surface area contributed by atoms with Gasteiger partial charge < -0.3 is 10.3 Å². The highest BCUT2D eigenvalue weighted by Crippen LogP contribution is 2.15. The lowest BCUT2D eigenvalue weighted by atomic mass is 10.3. The summed E-state index contributed by atoms with van der Waals surface area (Å²) in [5, 5.41) is 0. The standard InChI is InChI=1S/C11H13FN4O2S/c1-16-3-2-14-11(16)7-15-19(17,18)10-5-8(12)4-9(13)6-10/h2-6,15H,7,13H2,1H3. The predicted octanol–water partition coefficient (Wildman–Crippen LogP) is 0.620. The monoisotopic (exact) mass is 284 g/mol. The molecule has 0 spiro atoms. The molecule has 0 saturated heterocycles. The fraction of sp³-hybridized carbons (Fsp3) is 0.182. The molecule has 3 N–H and O–H groups in total. The van der Waals surface area contributed by atoms with Gasteiger partial charge in [0.1, 0.15) is 11.6 Å². The number of imidazole rings is 1. The van der Waals surface area contributed by atoms with Gasteiger partial charge in [-0.3, -0.25) is 0 Å². The number of rotatable bonds is 4. The third kappa shape index (κ3) is 3.09. The van der Waals surface area contributed by atoms with Crippen LogP contribution in [0.1, 0.15) is 5.82 Å². The van der Waals surface area contributed by atoms with Crippen LogP contribution in [-0.4, -0.2) is 18.0 Å². The molecule has 1 heterocycles. The Kier molecular flexibility index (Phi) is 3.54. The van der Waals surface area contributed by atoms with Crippen LogP contribution in [-0.2, 0) is 23.6 Å². The minimum absolute atomic E-state index is 0.0161. The number of benzene rings is 1. The Morgan fingerprint density at radius 1 is 1.42 bits per heavy atom. The number of halogens is 1. The van der Waals surface area contributed by atoms with Gasteiger partial charge in [0, 0.05) is 25.1 Å². The van der Waals surface area contributed by atoms with E-state index in [0.717, 1.165) is 12.1 Å². The number of hydrogen-bond donors (Lipinski definition) is 2. The quantitative estimate of drug-likeness (QED) is 0.805. The van der Waals surface area contributed by atoms with Crippen LogP contribution in [0.3, 0.4) is 0 Å². The van der Waals surface area contributed by atoms with E-state index in [2.05, 4.69) is 9.71 Å². The molecule has 0 aliphatic carbocycles. The molecule has 0 radical (unpaired) electrons. The van der Waals surface area contributed by atoms with Gasteiger partial charge in [-0.15, -0.1) is 0 Å². The zero-order valence-electron chi connectivity index (χ0n) is 10.2. The van der Waals surface area contributed by atoms with Gasteiger partial charge in [0.2, 0.25) is 10.0 Å². The first kappa shape index (κ1) is 13.5. The molecule has 6 nitrogen and oxygen atoms in total. The number of sulfonamides is 1. The van der Waals surface area contributed by atoms with E-state index in [-0.39, 0.29) is 17.1 Å². The van der Waals surface area contributed by atoms with Gasteiger partial charge >= 0.3 is 0 Å². The van der Waals surface area contributed by atoms with Crippen LogP contribution in [0.5, 0.6) is 0 Å². The second-order valence-electron chi connectivity index (χ2n) is 4.00. The molecule has 0 atom stereocenters. The smallest absolute Gasteiger partial charge is 0.241 e. The highest BCUT2D eigenvalue weighted by atomic mass is 32.2. The fourth-order valence-electron chi connectivity index (χ4n) is 1.55. The Hall–Kier alpha value is -1.93. The zero-order valence-corrected chi connectivity index (χ0v) is 11.0. The molecular formula is C11H13FN4O2S. The third-order valence-corrected chi connectivity index (χ3v) is 3.93. The number of hydrogen-bond acceptors (Lipinski definition) is 4. The molecule has 1 aromatic carbocycles. The maximum Gasteiger partial charge on any atom is 0.241 e.